The molecule has 2 aromatic heterocycles. The molecule has 2 saturated heterocycles. The van der Waals surface area contributed by atoms with Gasteiger partial charge in [0.25, 0.3) is 0 Å². The van der Waals surface area contributed by atoms with Crippen LogP contribution in [0.4, 0.5) is 11.4 Å². The zero-order chi connectivity index (χ0) is 26.2. The van der Waals surface area contributed by atoms with Crippen molar-refractivity contribution in [1.82, 2.24) is 14.9 Å². The van der Waals surface area contributed by atoms with E-state index >= 15 is 0 Å². The van der Waals surface area contributed by atoms with Crippen LogP contribution in [0.25, 0.3) is 5.69 Å². The maximum atomic E-state index is 6.64. The van der Waals surface area contributed by atoms with Gasteiger partial charge in [0, 0.05) is 42.0 Å². The van der Waals surface area contributed by atoms with Crippen LogP contribution in [0.15, 0.2) is 79.0 Å². The smallest absolute Gasteiger partial charge is 0.174 e. The molecule has 1 N–H and O–H groups in total. The summed E-state index contributed by atoms with van der Waals surface area (Å²) in [4.78, 5) is 9.30. The van der Waals surface area contributed by atoms with Crippen molar-refractivity contribution in [2.24, 2.45) is 0 Å². The van der Waals surface area contributed by atoms with Gasteiger partial charge in [-0.3, -0.25) is 4.98 Å². The predicted molar refractivity (Wildman–Crippen MR) is 158 cm³/mol. The van der Waals surface area contributed by atoms with Gasteiger partial charge in [0.05, 0.1) is 41.7 Å². The summed E-state index contributed by atoms with van der Waals surface area (Å²) in [6.45, 7) is 7.61. The minimum absolute atomic E-state index is 0.0888. The molecule has 0 radical (unpaired) electrons. The molecule has 8 heteroatoms. The molecular formula is C30H30ClN5OS. The average molecular weight is 544 g/mol. The summed E-state index contributed by atoms with van der Waals surface area (Å²) in [5.41, 5.74) is 7.60. The molecule has 4 heterocycles. The first-order chi connectivity index (χ1) is 18.5. The Morgan fingerprint density at radius 2 is 1.66 bits per heavy atom. The maximum absolute atomic E-state index is 6.64. The summed E-state index contributed by atoms with van der Waals surface area (Å²) in [6, 6.07) is 24.7. The van der Waals surface area contributed by atoms with Crippen molar-refractivity contribution in [2.45, 2.75) is 25.9 Å². The molecule has 0 spiro atoms. The number of aromatic nitrogens is 2. The maximum Gasteiger partial charge on any atom is 0.174 e. The van der Waals surface area contributed by atoms with Gasteiger partial charge in [-0.05, 0) is 86.2 Å². The Kier molecular flexibility index (Phi) is 6.82. The Balaban J connectivity index is 1.44. The molecule has 2 aliphatic rings. The van der Waals surface area contributed by atoms with E-state index in [1.807, 2.05) is 36.5 Å². The molecule has 38 heavy (non-hydrogen) atoms. The van der Waals surface area contributed by atoms with Crippen LogP contribution in [0.2, 0.25) is 5.02 Å². The van der Waals surface area contributed by atoms with Crippen molar-refractivity contribution in [3.05, 3.63) is 107 Å². The summed E-state index contributed by atoms with van der Waals surface area (Å²) < 4.78 is 7.76. The molecule has 2 fully saturated rings. The highest BCUT2D eigenvalue weighted by molar-refractivity contribution is 7.80. The number of para-hydroxylation sites is 1. The third-order valence-electron chi connectivity index (χ3n) is 7.48. The Labute approximate surface area is 233 Å². The van der Waals surface area contributed by atoms with Crippen molar-refractivity contribution in [3.63, 3.8) is 0 Å². The van der Waals surface area contributed by atoms with Gasteiger partial charge in [0.15, 0.2) is 5.11 Å². The van der Waals surface area contributed by atoms with Crippen LogP contribution >= 0.6 is 23.8 Å². The fourth-order valence-corrected chi connectivity index (χ4v) is 6.25. The lowest BCUT2D eigenvalue weighted by atomic mass is 9.96. The lowest BCUT2D eigenvalue weighted by Gasteiger charge is -2.31. The van der Waals surface area contributed by atoms with E-state index in [2.05, 4.69) is 76.0 Å². The molecule has 2 aromatic carbocycles. The van der Waals surface area contributed by atoms with E-state index in [-0.39, 0.29) is 12.1 Å². The number of thiocarbonyl (C=S) groups is 1. The van der Waals surface area contributed by atoms with E-state index in [0.717, 1.165) is 59.8 Å². The first kappa shape index (κ1) is 24.9. The van der Waals surface area contributed by atoms with Crippen molar-refractivity contribution in [1.29, 1.82) is 0 Å². The van der Waals surface area contributed by atoms with Crippen LogP contribution in [0, 0.1) is 13.8 Å². The van der Waals surface area contributed by atoms with Crippen LogP contribution in [0.1, 0.15) is 34.7 Å². The largest absolute Gasteiger partial charge is 0.378 e. The number of nitrogens with one attached hydrogen (secondary N) is 1. The van der Waals surface area contributed by atoms with E-state index < -0.39 is 0 Å². The second-order valence-corrected chi connectivity index (χ2v) is 10.5. The zero-order valence-corrected chi connectivity index (χ0v) is 23.0. The highest BCUT2D eigenvalue weighted by Gasteiger charge is 2.42. The zero-order valence-electron chi connectivity index (χ0n) is 21.5. The van der Waals surface area contributed by atoms with Crippen LogP contribution in [0.3, 0.4) is 0 Å². The first-order valence-corrected chi connectivity index (χ1v) is 13.7. The van der Waals surface area contributed by atoms with Crippen molar-refractivity contribution in [3.8, 4) is 5.69 Å². The highest BCUT2D eigenvalue weighted by Crippen LogP contribution is 2.44. The lowest BCUT2D eigenvalue weighted by Crippen LogP contribution is -2.36. The number of hydrogen-bond acceptors (Lipinski definition) is 4. The normalized spacial score (nSPS) is 19.6. The van der Waals surface area contributed by atoms with Gasteiger partial charge < -0.3 is 24.4 Å². The fraction of sp³-hybridized carbons (Fsp3) is 0.267. The minimum Gasteiger partial charge on any atom is -0.378 e. The number of ether oxygens (including phenoxy) is 1. The molecule has 0 bridgehead atoms. The molecule has 2 atom stereocenters. The fourth-order valence-electron chi connectivity index (χ4n) is 5.69. The number of pyridine rings is 1. The van der Waals surface area contributed by atoms with E-state index in [0.29, 0.717) is 5.11 Å². The van der Waals surface area contributed by atoms with E-state index in [9.17, 15) is 0 Å². The number of hydrogen-bond donors (Lipinski definition) is 1. The van der Waals surface area contributed by atoms with Crippen molar-refractivity contribution < 1.29 is 4.74 Å². The number of anilines is 2. The van der Waals surface area contributed by atoms with Gasteiger partial charge in [0.1, 0.15) is 0 Å². The molecule has 6 rings (SSSR count). The average Bonchev–Trinajstić information content (AvgIpc) is 3.45. The second kappa shape index (κ2) is 10.4. The molecular weight excluding hydrogens is 514 g/mol. The summed E-state index contributed by atoms with van der Waals surface area (Å²) in [5.74, 6) is 0. The van der Waals surface area contributed by atoms with Gasteiger partial charge in [0.2, 0.25) is 0 Å². The van der Waals surface area contributed by atoms with Crippen molar-refractivity contribution in [2.75, 3.05) is 36.1 Å². The van der Waals surface area contributed by atoms with E-state index in [1.54, 1.807) is 0 Å². The predicted octanol–water partition coefficient (Wildman–Crippen LogP) is 6.16. The summed E-state index contributed by atoms with van der Waals surface area (Å²) in [7, 11) is 0. The quantitative estimate of drug-likeness (QED) is 0.304. The third-order valence-corrected chi connectivity index (χ3v) is 8.12. The summed E-state index contributed by atoms with van der Waals surface area (Å²) in [5, 5.41) is 4.99. The Morgan fingerprint density at radius 3 is 2.37 bits per heavy atom. The number of rotatable bonds is 5. The van der Waals surface area contributed by atoms with E-state index in [1.165, 1.54) is 11.3 Å². The van der Waals surface area contributed by atoms with Crippen LogP contribution < -0.4 is 15.1 Å². The van der Waals surface area contributed by atoms with Gasteiger partial charge in [-0.25, -0.2) is 0 Å². The monoisotopic (exact) mass is 543 g/mol. The van der Waals surface area contributed by atoms with E-state index in [4.69, 9.17) is 33.5 Å². The molecule has 0 aliphatic carbocycles. The third kappa shape index (κ3) is 4.45. The minimum atomic E-state index is -0.109. The molecule has 0 unspecified atom stereocenters. The molecule has 6 nitrogen and oxygen atoms in total. The Hall–Kier alpha value is -3.39. The topological polar surface area (TPSA) is 45.6 Å². The number of morpholine rings is 1. The van der Waals surface area contributed by atoms with Crippen LogP contribution in [-0.4, -0.2) is 41.0 Å². The van der Waals surface area contributed by atoms with Crippen LogP contribution in [0.5, 0.6) is 0 Å². The van der Waals surface area contributed by atoms with Crippen LogP contribution in [-0.2, 0) is 4.74 Å². The van der Waals surface area contributed by atoms with Crippen molar-refractivity contribution >= 4 is 40.3 Å². The van der Waals surface area contributed by atoms with Gasteiger partial charge in [-0.1, -0.05) is 29.8 Å². The number of halogens is 1. The molecule has 194 valence electrons. The molecule has 0 saturated carbocycles. The lowest BCUT2D eigenvalue weighted by molar-refractivity contribution is 0.122. The summed E-state index contributed by atoms with van der Waals surface area (Å²) >= 11 is 12.6. The number of benzene rings is 2. The Morgan fingerprint density at radius 1 is 0.947 bits per heavy atom. The molecule has 0 amide bonds. The first-order valence-electron chi connectivity index (χ1n) is 12.9. The Bertz CT molecular complexity index is 1450. The van der Waals surface area contributed by atoms with Gasteiger partial charge in [-0.15, -0.1) is 0 Å². The number of aryl methyl sites for hydroxylation is 1. The summed E-state index contributed by atoms with van der Waals surface area (Å²) in [6.07, 6.45) is 1.84. The highest BCUT2D eigenvalue weighted by atomic mass is 35.5. The SMILES string of the molecule is Cc1cc([C@@H]2[C@@H](c3ccccn3)NC(=S)N2c2ccc(N3CCOCC3)cc2)c(C)n1-c1ccccc1Cl. The molecule has 2 aliphatic heterocycles. The van der Waals surface area contributed by atoms with Gasteiger partial charge in [-0.2, -0.15) is 0 Å². The standard InChI is InChI=1S/C30H30ClN5OS/c1-20-19-24(21(2)35(20)27-9-4-3-7-25(27)31)29-28(26-8-5-6-14-32-26)33-30(38)36(29)23-12-10-22(11-13-23)34-15-17-37-18-16-34/h3-14,19,28-29H,15-18H2,1-2H3,(H,33,38)/t28-,29-/m1/s1. The molecule has 4 aromatic rings. The number of nitrogens with zero attached hydrogens (tertiary/aromatic N) is 4. The van der Waals surface area contributed by atoms with Gasteiger partial charge >= 0.3 is 0 Å². The second-order valence-electron chi connectivity index (χ2n) is 9.73.